The summed E-state index contributed by atoms with van der Waals surface area (Å²) in [7, 11) is 2.09. The van der Waals surface area contributed by atoms with Crippen molar-refractivity contribution < 1.29 is 5.11 Å². The van der Waals surface area contributed by atoms with E-state index in [4.69, 9.17) is 5.11 Å². The van der Waals surface area contributed by atoms with E-state index in [-0.39, 0.29) is 6.61 Å². The summed E-state index contributed by atoms with van der Waals surface area (Å²) in [4.78, 5) is 9.54. The zero-order chi connectivity index (χ0) is 8.55. The summed E-state index contributed by atoms with van der Waals surface area (Å²) in [5.41, 5.74) is 0.805. The first-order valence-electron chi connectivity index (χ1n) is 4.13. The van der Waals surface area contributed by atoms with E-state index >= 15 is 0 Å². The molecule has 2 heterocycles. The smallest absolute Gasteiger partial charge is 0.112 e. The maximum Gasteiger partial charge on any atom is 0.112 e. The van der Waals surface area contributed by atoms with E-state index in [0.717, 1.165) is 24.6 Å². The van der Waals surface area contributed by atoms with Gasteiger partial charge in [0.2, 0.25) is 0 Å². The van der Waals surface area contributed by atoms with Crippen LogP contribution in [0.4, 0.5) is 0 Å². The molecule has 0 amide bonds. The number of imidazole rings is 1. The largest absolute Gasteiger partial charge is 0.390 e. The molecule has 12 heavy (non-hydrogen) atoms. The van der Waals surface area contributed by atoms with Gasteiger partial charge in [-0.2, -0.15) is 0 Å². The van der Waals surface area contributed by atoms with Gasteiger partial charge in [0.1, 0.15) is 5.82 Å². The Labute approximate surface area is 71.2 Å². The molecule has 0 spiro atoms. The van der Waals surface area contributed by atoms with Crippen molar-refractivity contribution in [1.29, 1.82) is 0 Å². The average Bonchev–Trinajstić information content (AvgIpc) is 2.46. The van der Waals surface area contributed by atoms with Crippen LogP contribution in [-0.4, -0.2) is 40.1 Å². The molecule has 0 unspecified atom stereocenters. The van der Waals surface area contributed by atoms with Crippen molar-refractivity contribution in [2.75, 3.05) is 20.1 Å². The third-order valence-electron chi connectivity index (χ3n) is 2.27. The fourth-order valence-electron chi connectivity index (χ4n) is 1.54. The van der Waals surface area contributed by atoms with E-state index in [1.165, 1.54) is 0 Å². The second kappa shape index (κ2) is 2.88. The quantitative estimate of drug-likeness (QED) is 0.648. The Morgan fingerprint density at radius 3 is 3.00 bits per heavy atom. The number of aromatic amines is 1. The van der Waals surface area contributed by atoms with Crippen LogP contribution in [0.5, 0.6) is 0 Å². The van der Waals surface area contributed by atoms with Gasteiger partial charge in [-0.1, -0.05) is 0 Å². The number of hydrogen-bond donors (Lipinski definition) is 2. The molecule has 0 bridgehead atoms. The van der Waals surface area contributed by atoms with E-state index < -0.39 is 0 Å². The molecule has 1 fully saturated rings. The van der Waals surface area contributed by atoms with Gasteiger partial charge in [0.05, 0.1) is 18.5 Å². The van der Waals surface area contributed by atoms with Crippen molar-refractivity contribution in [2.45, 2.75) is 12.5 Å². The monoisotopic (exact) mass is 167 g/mol. The number of nitrogens with one attached hydrogen (secondary N) is 1. The standard InChI is InChI=1S/C8H13N3O/c1-11-3-6(4-11)8-9-2-7(5-12)10-8/h2,6,12H,3-5H2,1H3,(H,9,10). The van der Waals surface area contributed by atoms with Crippen LogP contribution in [0.1, 0.15) is 17.4 Å². The summed E-state index contributed by atoms with van der Waals surface area (Å²) >= 11 is 0. The second-order valence-electron chi connectivity index (χ2n) is 3.37. The molecule has 0 radical (unpaired) electrons. The van der Waals surface area contributed by atoms with Crippen LogP contribution in [-0.2, 0) is 6.61 Å². The van der Waals surface area contributed by atoms with E-state index in [9.17, 15) is 0 Å². The van der Waals surface area contributed by atoms with Gasteiger partial charge in [0.15, 0.2) is 0 Å². The Hall–Kier alpha value is -0.870. The molecule has 66 valence electrons. The van der Waals surface area contributed by atoms with Crippen LogP contribution in [0.15, 0.2) is 6.20 Å². The molecule has 0 saturated carbocycles. The Bertz CT molecular complexity index is 265. The lowest BCUT2D eigenvalue weighted by Crippen LogP contribution is -2.42. The average molecular weight is 167 g/mol. The van der Waals surface area contributed by atoms with Gasteiger partial charge in [-0.05, 0) is 7.05 Å². The first-order chi connectivity index (χ1) is 5.79. The predicted octanol–water partition coefficient (Wildman–Crippen LogP) is -0.0690. The molecule has 2 N–H and O–H groups in total. The number of aliphatic hydroxyl groups excluding tert-OH is 1. The zero-order valence-electron chi connectivity index (χ0n) is 7.12. The summed E-state index contributed by atoms with van der Waals surface area (Å²) in [6.45, 7) is 2.19. The van der Waals surface area contributed by atoms with E-state index in [1.807, 2.05) is 0 Å². The molecule has 1 aliphatic rings. The number of hydrogen-bond acceptors (Lipinski definition) is 3. The zero-order valence-corrected chi connectivity index (χ0v) is 7.12. The molecule has 0 aliphatic carbocycles. The molecule has 1 saturated heterocycles. The predicted molar refractivity (Wildman–Crippen MR) is 44.7 cm³/mol. The van der Waals surface area contributed by atoms with Crippen LogP contribution >= 0.6 is 0 Å². The minimum Gasteiger partial charge on any atom is -0.390 e. The highest BCUT2D eigenvalue weighted by molar-refractivity contribution is 5.08. The third-order valence-corrected chi connectivity index (χ3v) is 2.27. The Morgan fingerprint density at radius 1 is 1.75 bits per heavy atom. The molecule has 4 nitrogen and oxygen atoms in total. The minimum absolute atomic E-state index is 0.0512. The Morgan fingerprint density at radius 2 is 2.50 bits per heavy atom. The SMILES string of the molecule is CN1CC(c2ncc(CO)[nH]2)C1. The third kappa shape index (κ3) is 1.23. The molecule has 2 rings (SSSR count). The second-order valence-corrected chi connectivity index (χ2v) is 3.37. The molecular weight excluding hydrogens is 154 g/mol. The summed E-state index contributed by atoms with van der Waals surface area (Å²) in [6, 6.07) is 0. The van der Waals surface area contributed by atoms with Crippen molar-refractivity contribution in [1.82, 2.24) is 14.9 Å². The number of likely N-dealkylation sites (tertiary alicyclic amines) is 1. The Kier molecular flexibility index (Phi) is 1.86. The number of rotatable bonds is 2. The first kappa shape index (κ1) is 7.76. The summed E-state index contributed by atoms with van der Waals surface area (Å²) in [5.74, 6) is 1.55. The van der Waals surface area contributed by atoms with Crippen molar-refractivity contribution >= 4 is 0 Å². The number of H-pyrrole nitrogens is 1. The van der Waals surface area contributed by atoms with E-state index in [0.29, 0.717) is 5.92 Å². The molecule has 1 aromatic rings. The van der Waals surface area contributed by atoms with Crippen LogP contribution in [0.2, 0.25) is 0 Å². The van der Waals surface area contributed by atoms with Gasteiger partial charge in [0.25, 0.3) is 0 Å². The highest BCUT2D eigenvalue weighted by Crippen LogP contribution is 2.22. The van der Waals surface area contributed by atoms with E-state index in [1.54, 1.807) is 6.20 Å². The van der Waals surface area contributed by atoms with Gasteiger partial charge in [0, 0.05) is 19.0 Å². The fraction of sp³-hybridized carbons (Fsp3) is 0.625. The first-order valence-corrected chi connectivity index (χ1v) is 4.13. The van der Waals surface area contributed by atoms with Gasteiger partial charge in [-0.15, -0.1) is 0 Å². The van der Waals surface area contributed by atoms with Gasteiger partial charge < -0.3 is 15.0 Å². The fourth-order valence-corrected chi connectivity index (χ4v) is 1.54. The molecule has 0 aromatic carbocycles. The topological polar surface area (TPSA) is 52.1 Å². The number of nitrogens with zero attached hydrogens (tertiary/aromatic N) is 2. The van der Waals surface area contributed by atoms with Crippen molar-refractivity contribution in [2.24, 2.45) is 0 Å². The maximum absolute atomic E-state index is 8.79. The van der Waals surface area contributed by atoms with Crippen LogP contribution in [0, 0.1) is 0 Å². The van der Waals surface area contributed by atoms with Crippen molar-refractivity contribution in [3.63, 3.8) is 0 Å². The number of likely N-dealkylation sites (N-methyl/N-ethyl adjacent to an activating group) is 1. The lowest BCUT2D eigenvalue weighted by atomic mass is 10.0. The van der Waals surface area contributed by atoms with Crippen LogP contribution in [0.3, 0.4) is 0 Å². The highest BCUT2D eigenvalue weighted by Gasteiger charge is 2.26. The van der Waals surface area contributed by atoms with Crippen molar-refractivity contribution in [3.8, 4) is 0 Å². The summed E-state index contributed by atoms with van der Waals surface area (Å²) in [5, 5.41) is 8.79. The van der Waals surface area contributed by atoms with Gasteiger partial charge >= 0.3 is 0 Å². The molecule has 4 heteroatoms. The molecule has 1 aromatic heterocycles. The molecule has 1 aliphatic heterocycles. The summed E-state index contributed by atoms with van der Waals surface area (Å²) < 4.78 is 0. The van der Waals surface area contributed by atoms with Crippen LogP contribution < -0.4 is 0 Å². The molecular formula is C8H13N3O. The van der Waals surface area contributed by atoms with Gasteiger partial charge in [-0.3, -0.25) is 0 Å². The highest BCUT2D eigenvalue weighted by atomic mass is 16.3. The number of aromatic nitrogens is 2. The minimum atomic E-state index is 0.0512. The Balaban J connectivity index is 2.04. The summed E-state index contributed by atoms with van der Waals surface area (Å²) in [6.07, 6.45) is 1.70. The van der Waals surface area contributed by atoms with Crippen molar-refractivity contribution in [3.05, 3.63) is 17.7 Å². The van der Waals surface area contributed by atoms with E-state index in [2.05, 4.69) is 21.9 Å². The maximum atomic E-state index is 8.79. The lowest BCUT2D eigenvalue weighted by Gasteiger charge is -2.34. The molecule has 0 atom stereocenters. The normalized spacial score (nSPS) is 19.5. The lowest BCUT2D eigenvalue weighted by molar-refractivity contribution is 0.183. The van der Waals surface area contributed by atoms with Crippen LogP contribution in [0.25, 0.3) is 0 Å². The number of aliphatic hydroxyl groups is 1. The van der Waals surface area contributed by atoms with Gasteiger partial charge in [-0.25, -0.2) is 4.98 Å².